The van der Waals surface area contributed by atoms with E-state index in [1.807, 2.05) is 25.6 Å². The van der Waals surface area contributed by atoms with Crippen molar-refractivity contribution in [2.24, 2.45) is 5.41 Å². The summed E-state index contributed by atoms with van der Waals surface area (Å²) in [5.41, 5.74) is -0.153. The third kappa shape index (κ3) is 10.3. The second-order valence-corrected chi connectivity index (χ2v) is 5.89. The van der Waals surface area contributed by atoms with Gasteiger partial charge in [-0.05, 0) is 64.6 Å². The predicted molar refractivity (Wildman–Crippen MR) is 73.7 cm³/mol. The van der Waals surface area contributed by atoms with Crippen molar-refractivity contribution < 1.29 is 0 Å². The van der Waals surface area contributed by atoms with Crippen molar-refractivity contribution in [3.63, 3.8) is 0 Å². The fourth-order valence-electron chi connectivity index (χ4n) is 1.51. The smallest absolute Gasteiger partial charge is 0.0683 e. The Morgan fingerprint density at radius 3 is 2.44 bits per heavy atom. The molecule has 0 rings (SSSR count). The highest BCUT2D eigenvalue weighted by molar-refractivity contribution is 7.98. The summed E-state index contributed by atoms with van der Waals surface area (Å²) in [6, 6.07) is 2.34. The number of hydrogen-bond donors (Lipinski definition) is 1. The Morgan fingerprint density at radius 2 is 1.81 bits per heavy atom. The molecule has 0 spiro atoms. The van der Waals surface area contributed by atoms with Gasteiger partial charge in [0.15, 0.2) is 0 Å². The second-order valence-electron chi connectivity index (χ2n) is 4.90. The van der Waals surface area contributed by atoms with Crippen LogP contribution in [0.3, 0.4) is 0 Å². The standard InChI is InChI=1S/C13H26N2S/c1-13(2,12-14)8-7-10-15-9-5-4-6-11-16-3/h15H,4-11H2,1-3H3. The summed E-state index contributed by atoms with van der Waals surface area (Å²) in [6.07, 6.45) is 8.20. The molecular weight excluding hydrogens is 216 g/mol. The minimum Gasteiger partial charge on any atom is -0.317 e. The molecule has 0 radical (unpaired) electrons. The SMILES string of the molecule is CSCCCCCNCCCC(C)(C)C#N. The molecule has 0 aliphatic carbocycles. The van der Waals surface area contributed by atoms with E-state index in [2.05, 4.69) is 17.6 Å². The largest absolute Gasteiger partial charge is 0.317 e. The molecule has 0 aromatic carbocycles. The van der Waals surface area contributed by atoms with Crippen LogP contribution in [0.4, 0.5) is 0 Å². The van der Waals surface area contributed by atoms with E-state index in [4.69, 9.17) is 5.26 Å². The Bertz CT molecular complexity index is 197. The van der Waals surface area contributed by atoms with Crippen LogP contribution in [0.1, 0.15) is 46.0 Å². The lowest BCUT2D eigenvalue weighted by Gasteiger charge is -2.14. The lowest BCUT2D eigenvalue weighted by Crippen LogP contribution is -2.19. The Labute approximate surface area is 105 Å². The summed E-state index contributed by atoms with van der Waals surface area (Å²) in [5, 5.41) is 12.3. The van der Waals surface area contributed by atoms with Crippen molar-refractivity contribution in [2.75, 3.05) is 25.1 Å². The molecule has 0 aliphatic rings. The van der Waals surface area contributed by atoms with Gasteiger partial charge in [-0.15, -0.1) is 0 Å². The van der Waals surface area contributed by atoms with E-state index in [1.54, 1.807) is 0 Å². The number of unbranched alkanes of at least 4 members (excludes halogenated alkanes) is 2. The molecule has 0 fully saturated rings. The van der Waals surface area contributed by atoms with Crippen molar-refractivity contribution in [3.05, 3.63) is 0 Å². The van der Waals surface area contributed by atoms with Crippen LogP contribution in [0, 0.1) is 16.7 Å². The fraction of sp³-hybridized carbons (Fsp3) is 0.923. The van der Waals surface area contributed by atoms with Gasteiger partial charge in [0, 0.05) is 0 Å². The van der Waals surface area contributed by atoms with Gasteiger partial charge in [-0.2, -0.15) is 17.0 Å². The molecule has 3 heteroatoms. The van der Waals surface area contributed by atoms with E-state index in [0.717, 1.165) is 25.9 Å². The first-order valence-corrected chi connectivity index (χ1v) is 7.63. The molecule has 0 bridgehead atoms. The molecule has 2 nitrogen and oxygen atoms in total. The normalized spacial score (nSPS) is 11.4. The van der Waals surface area contributed by atoms with Gasteiger partial charge in [-0.3, -0.25) is 0 Å². The number of rotatable bonds is 10. The van der Waals surface area contributed by atoms with Gasteiger partial charge >= 0.3 is 0 Å². The highest BCUT2D eigenvalue weighted by Gasteiger charge is 2.14. The highest BCUT2D eigenvalue weighted by Crippen LogP contribution is 2.19. The molecule has 0 aromatic rings. The number of hydrogen-bond acceptors (Lipinski definition) is 3. The summed E-state index contributed by atoms with van der Waals surface area (Å²) in [7, 11) is 0. The van der Waals surface area contributed by atoms with E-state index in [-0.39, 0.29) is 5.41 Å². The van der Waals surface area contributed by atoms with Gasteiger partial charge in [0.2, 0.25) is 0 Å². The van der Waals surface area contributed by atoms with E-state index < -0.39 is 0 Å². The van der Waals surface area contributed by atoms with Crippen LogP contribution in [0.25, 0.3) is 0 Å². The number of nitriles is 1. The minimum atomic E-state index is -0.153. The maximum absolute atomic E-state index is 8.84. The lowest BCUT2D eigenvalue weighted by atomic mass is 9.90. The van der Waals surface area contributed by atoms with Gasteiger partial charge in [0.1, 0.15) is 0 Å². The molecule has 0 aliphatic heterocycles. The fourth-order valence-corrected chi connectivity index (χ4v) is 2.00. The molecule has 0 saturated carbocycles. The zero-order valence-corrected chi connectivity index (χ0v) is 11.8. The Hall–Kier alpha value is -0.200. The molecule has 16 heavy (non-hydrogen) atoms. The van der Waals surface area contributed by atoms with Crippen LogP contribution >= 0.6 is 11.8 Å². The average molecular weight is 242 g/mol. The molecule has 0 aromatic heterocycles. The molecular formula is C13H26N2S. The van der Waals surface area contributed by atoms with Crippen LogP contribution in [0.5, 0.6) is 0 Å². The summed E-state index contributed by atoms with van der Waals surface area (Å²) < 4.78 is 0. The monoisotopic (exact) mass is 242 g/mol. The summed E-state index contributed by atoms with van der Waals surface area (Å²) in [5.74, 6) is 1.29. The van der Waals surface area contributed by atoms with Crippen molar-refractivity contribution in [2.45, 2.75) is 46.0 Å². The van der Waals surface area contributed by atoms with Crippen LogP contribution in [0.15, 0.2) is 0 Å². The lowest BCUT2D eigenvalue weighted by molar-refractivity contribution is 0.425. The summed E-state index contributed by atoms with van der Waals surface area (Å²) in [6.45, 7) is 6.19. The molecule has 0 amide bonds. The first-order valence-electron chi connectivity index (χ1n) is 6.23. The maximum atomic E-state index is 8.84. The minimum absolute atomic E-state index is 0.153. The van der Waals surface area contributed by atoms with Crippen LogP contribution in [0.2, 0.25) is 0 Å². The number of nitrogens with zero attached hydrogens (tertiary/aromatic N) is 1. The van der Waals surface area contributed by atoms with Gasteiger partial charge < -0.3 is 5.32 Å². The summed E-state index contributed by atoms with van der Waals surface area (Å²) in [4.78, 5) is 0. The first-order chi connectivity index (χ1) is 7.62. The van der Waals surface area contributed by atoms with E-state index >= 15 is 0 Å². The van der Waals surface area contributed by atoms with E-state index in [0.29, 0.717) is 0 Å². The van der Waals surface area contributed by atoms with E-state index in [1.165, 1.54) is 25.0 Å². The first kappa shape index (κ1) is 15.8. The van der Waals surface area contributed by atoms with Gasteiger partial charge in [0.25, 0.3) is 0 Å². The van der Waals surface area contributed by atoms with Crippen LogP contribution in [-0.4, -0.2) is 25.1 Å². The highest BCUT2D eigenvalue weighted by atomic mass is 32.2. The van der Waals surface area contributed by atoms with Crippen molar-refractivity contribution in [1.82, 2.24) is 5.32 Å². The third-order valence-electron chi connectivity index (χ3n) is 2.66. The van der Waals surface area contributed by atoms with Crippen molar-refractivity contribution in [1.29, 1.82) is 5.26 Å². The molecule has 0 atom stereocenters. The number of thioether (sulfide) groups is 1. The van der Waals surface area contributed by atoms with Gasteiger partial charge in [-0.25, -0.2) is 0 Å². The Kier molecular flexibility index (Phi) is 9.86. The molecule has 0 saturated heterocycles. The molecule has 0 unspecified atom stereocenters. The quantitative estimate of drug-likeness (QED) is 0.596. The van der Waals surface area contributed by atoms with Crippen LogP contribution in [-0.2, 0) is 0 Å². The topological polar surface area (TPSA) is 35.8 Å². The zero-order valence-electron chi connectivity index (χ0n) is 11.0. The van der Waals surface area contributed by atoms with Crippen molar-refractivity contribution in [3.8, 4) is 6.07 Å². The third-order valence-corrected chi connectivity index (χ3v) is 3.36. The average Bonchev–Trinajstić information content (AvgIpc) is 2.27. The second kappa shape index (κ2) is 9.99. The van der Waals surface area contributed by atoms with Crippen molar-refractivity contribution >= 4 is 11.8 Å². The van der Waals surface area contributed by atoms with Gasteiger partial charge in [0.05, 0.1) is 11.5 Å². The zero-order chi connectivity index (χ0) is 12.3. The molecule has 1 N–H and O–H groups in total. The molecule has 94 valence electrons. The Balaban J connectivity index is 3.14. The summed E-state index contributed by atoms with van der Waals surface area (Å²) >= 11 is 1.93. The van der Waals surface area contributed by atoms with Crippen LogP contribution < -0.4 is 5.32 Å². The number of nitrogens with one attached hydrogen (secondary N) is 1. The Morgan fingerprint density at radius 1 is 1.12 bits per heavy atom. The van der Waals surface area contributed by atoms with Gasteiger partial charge in [-0.1, -0.05) is 6.42 Å². The predicted octanol–water partition coefficient (Wildman–Crippen LogP) is 3.44. The van der Waals surface area contributed by atoms with E-state index in [9.17, 15) is 0 Å². The maximum Gasteiger partial charge on any atom is 0.0683 e. The molecule has 0 heterocycles.